The van der Waals surface area contributed by atoms with Crippen molar-refractivity contribution in [3.05, 3.63) is 74.0 Å². The molecule has 0 bridgehead atoms. The molecular formula is C22H19Br2NO4S. The van der Waals surface area contributed by atoms with Crippen molar-refractivity contribution in [2.24, 2.45) is 0 Å². The van der Waals surface area contributed by atoms with Gasteiger partial charge in [0.05, 0.1) is 22.5 Å². The molecule has 5 nitrogen and oxygen atoms in total. The van der Waals surface area contributed by atoms with Crippen molar-refractivity contribution in [3.8, 4) is 11.5 Å². The van der Waals surface area contributed by atoms with Crippen LogP contribution in [0.25, 0.3) is 6.08 Å². The summed E-state index contributed by atoms with van der Waals surface area (Å²) in [5.41, 5.74) is 1.61. The van der Waals surface area contributed by atoms with Crippen molar-refractivity contribution < 1.29 is 19.1 Å². The van der Waals surface area contributed by atoms with Crippen LogP contribution >= 0.6 is 43.6 Å². The van der Waals surface area contributed by atoms with E-state index in [9.17, 15) is 9.59 Å². The Morgan fingerprint density at radius 3 is 2.53 bits per heavy atom. The lowest BCUT2D eigenvalue weighted by atomic mass is 10.1. The van der Waals surface area contributed by atoms with Crippen molar-refractivity contribution >= 4 is 60.8 Å². The van der Waals surface area contributed by atoms with Gasteiger partial charge in [0.2, 0.25) is 0 Å². The van der Waals surface area contributed by atoms with Gasteiger partial charge in [0.1, 0.15) is 6.61 Å². The molecule has 0 unspecified atom stereocenters. The van der Waals surface area contributed by atoms with Gasteiger partial charge in [-0.25, -0.2) is 0 Å². The molecule has 1 heterocycles. The molecule has 30 heavy (non-hydrogen) atoms. The highest BCUT2D eigenvalue weighted by Crippen LogP contribution is 2.39. The summed E-state index contributed by atoms with van der Waals surface area (Å²) in [6.07, 6.45) is 3.34. The van der Waals surface area contributed by atoms with Gasteiger partial charge in [-0.1, -0.05) is 40.7 Å². The van der Waals surface area contributed by atoms with Crippen LogP contribution in [-0.4, -0.2) is 29.3 Å². The van der Waals surface area contributed by atoms with E-state index in [0.717, 1.165) is 27.4 Å². The number of thioether (sulfide) groups is 1. The van der Waals surface area contributed by atoms with E-state index in [1.807, 2.05) is 37.3 Å². The highest BCUT2D eigenvalue weighted by atomic mass is 79.9. The number of imide groups is 1. The highest BCUT2D eigenvalue weighted by molar-refractivity contribution is 9.10. The minimum absolute atomic E-state index is 0.234. The normalized spacial score (nSPS) is 15.0. The summed E-state index contributed by atoms with van der Waals surface area (Å²) in [5.74, 6) is 0.806. The quantitative estimate of drug-likeness (QED) is 0.280. The van der Waals surface area contributed by atoms with E-state index in [-0.39, 0.29) is 17.7 Å². The average Bonchev–Trinajstić information content (AvgIpc) is 2.96. The summed E-state index contributed by atoms with van der Waals surface area (Å²) in [7, 11) is 0. The largest absolute Gasteiger partial charge is 0.490 e. The molecule has 0 aromatic heterocycles. The molecule has 1 fully saturated rings. The van der Waals surface area contributed by atoms with E-state index < -0.39 is 0 Å². The second-order valence-electron chi connectivity index (χ2n) is 6.26. The summed E-state index contributed by atoms with van der Waals surface area (Å²) >= 11 is 7.81. The van der Waals surface area contributed by atoms with Crippen molar-refractivity contribution in [2.45, 2.75) is 13.5 Å². The molecule has 0 atom stereocenters. The molecule has 156 valence electrons. The summed E-state index contributed by atoms with van der Waals surface area (Å²) in [5, 5.41) is -0.288. The second kappa shape index (κ2) is 10.3. The van der Waals surface area contributed by atoms with E-state index in [2.05, 4.69) is 38.4 Å². The van der Waals surface area contributed by atoms with Crippen LogP contribution in [0.2, 0.25) is 0 Å². The maximum absolute atomic E-state index is 12.8. The number of halogens is 2. The van der Waals surface area contributed by atoms with Gasteiger partial charge in [-0.15, -0.1) is 0 Å². The number of hydrogen-bond donors (Lipinski definition) is 0. The van der Waals surface area contributed by atoms with Gasteiger partial charge in [-0.3, -0.25) is 14.5 Å². The first-order chi connectivity index (χ1) is 14.4. The lowest BCUT2D eigenvalue weighted by Gasteiger charge is -2.14. The number of benzene rings is 2. The molecule has 1 saturated heterocycles. The third-order valence-corrected chi connectivity index (χ3v) is 6.13. The van der Waals surface area contributed by atoms with Crippen LogP contribution in [0.5, 0.6) is 11.5 Å². The van der Waals surface area contributed by atoms with Crippen LogP contribution in [-0.2, 0) is 11.3 Å². The van der Waals surface area contributed by atoms with Gasteiger partial charge in [0.15, 0.2) is 11.5 Å². The molecule has 0 radical (unpaired) electrons. The average molecular weight is 553 g/mol. The fourth-order valence-corrected chi connectivity index (χ4v) is 4.45. The topological polar surface area (TPSA) is 55.8 Å². The Labute approximate surface area is 196 Å². The van der Waals surface area contributed by atoms with Gasteiger partial charge in [-0.05, 0) is 76.1 Å². The SMILES string of the molecule is C=CCOc1c(Br)cc(/C=C2\SC(=O)N(Cc3ccc(Br)cc3)C2=O)cc1OCC. The standard InChI is InChI=1S/C22H19Br2NO4S/c1-3-9-29-20-17(24)10-15(11-18(20)28-4-2)12-19-21(26)25(22(27)30-19)13-14-5-7-16(23)8-6-14/h3,5-8,10-12H,1,4,9,13H2,2H3/b19-12-. The highest BCUT2D eigenvalue weighted by Gasteiger charge is 2.35. The van der Waals surface area contributed by atoms with Gasteiger partial charge in [0, 0.05) is 4.47 Å². The van der Waals surface area contributed by atoms with E-state index in [1.165, 1.54) is 4.90 Å². The van der Waals surface area contributed by atoms with Gasteiger partial charge >= 0.3 is 0 Å². The van der Waals surface area contributed by atoms with Crippen molar-refractivity contribution in [1.29, 1.82) is 0 Å². The molecule has 0 N–H and O–H groups in total. The Balaban J connectivity index is 1.85. The first kappa shape index (κ1) is 22.7. The molecule has 1 aliphatic rings. The lowest BCUT2D eigenvalue weighted by Crippen LogP contribution is -2.27. The number of carbonyl (C=O) groups excluding carboxylic acids is 2. The summed E-state index contributed by atoms with van der Waals surface area (Å²) in [6, 6.07) is 11.1. The van der Waals surface area contributed by atoms with E-state index in [1.54, 1.807) is 18.2 Å². The van der Waals surface area contributed by atoms with Crippen molar-refractivity contribution in [3.63, 3.8) is 0 Å². The Hall–Kier alpha value is -2.03. The zero-order chi connectivity index (χ0) is 21.7. The van der Waals surface area contributed by atoms with Crippen LogP contribution in [0, 0.1) is 0 Å². The molecule has 2 amide bonds. The number of hydrogen-bond acceptors (Lipinski definition) is 5. The molecule has 2 aromatic rings. The van der Waals surface area contributed by atoms with Crippen LogP contribution < -0.4 is 9.47 Å². The number of amides is 2. The Bertz CT molecular complexity index is 1000. The monoisotopic (exact) mass is 551 g/mol. The van der Waals surface area contributed by atoms with E-state index in [4.69, 9.17) is 9.47 Å². The Morgan fingerprint density at radius 1 is 1.13 bits per heavy atom. The van der Waals surface area contributed by atoms with Gasteiger partial charge in [-0.2, -0.15) is 0 Å². The number of rotatable bonds is 8. The van der Waals surface area contributed by atoms with E-state index >= 15 is 0 Å². The molecule has 2 aromatic carbocycles. The van der Waals surface area contributed by atoms with E-state index in [0.29, 0.717) is 34.1 Å². The molecule has 3 rings (SSSR count). The fourth-order valence-electron chi connectivity index (χ4n) is 2.78. The molecule has 8 heteroatoms. The van der Waals surface area contributed by atoms with Crippen molar-refractivity contribution in [2.75, 3.05) is 13.2 Å². The smallest absolute Gasteiger partial charge is 0.293 e. The maximum Gasteiger partial charge on any atom is 0.293 e. The van der Waals surface area contributed by atoms with Crippen LogP contribution in [0.1, 0.15) is 18.1 Å². The number of nitrogens with zero attached hydrogens (tertiary/aromatic N) is 1. The van der Waals surface area contributed by atoms with Crippen LogP contribution in [0.3, 0.4) is 0 Å². The number of ether oxygens (including phenoxy) is 2. The predicted molar refractivity (Wildman–Crippen MR) is 127 cm³/mol. The zero-order valence-electron chi connectivity index (χ0n) is 16.2. The first-order valence-electron chi connectivity index (χ1n) is 9.12. The van der Waals surface area contributed by atoms with Crippen LogP contribution in [0.15, 0.2) is 62.9 Å². The third kappa shape index (κ3) is 5.36. The summed E-state index contributed by atoms with van der Waals surface area (Å²) in [6.45, 7) is 6.57. The van der Waals surface area contributed by atoms with Crippen molar-refractivity contribution in [1.82, 2.24) is 4.90 Å². The fraction of sp³-hybridized carbons (Fsp3) is 0.182. The lowest BCUT2D eigenvalue weighted by molar-refractivity contribution is -0.123. The summed E-state index contributed by atoms with van der Waals surface area (Å²) in [4.78, 5) is 26.9. The molecule has 0 saturated carbocycles. The Morgan fingerprint density at radius 2 is 1.87 bits per heavy atom. The predicted octanol–water partition coefficient (Wildman–Crippen LogP) is 6.41. The minimum Gasteiger partial charge on any atom is -0.490 e. The summed E-state index contributed by atoms with van der Waals surface area (Å²) < 4.78 is 13.0. The maximum atomic E-state index is 12.8. The first-order valence-corrected chi connectivity index (χ1v) is 11.5. The molecular weight excluding hydrogens is 534 g/mol. The third-order valence-electron chi connectivity index (χ3n) is 4.10. The molecule has 1 aliphatic heterocycles. The van der Waals surface area contributed by atoms with Gasteiger partial charge in [0.25, 0.3) is 11.1 Å². The van der Waals surface area contributed by atoms with Crippen LogP contribution in [0.4, 0.5) is 4.79 Å². The molecule has 0 spiro atoms. The second-order valence-corrected chi connectivity index (χ2v) is 9.02. The molecule has 0 aliphatic carbocycles. The zero-order valence-corrected chi connectivity index (χ0v) is 20.2. The number of carbonyl (C=O) groups is 2. The minimum atomic E-state index is -0.311. The Kier molecular flexibility index (Phi) is 7.80. The van der Waals surface area contributed by atoms with Gasteiger partial charge < -0.3 is 9.47 Å².